The number of carbonyl (C=O) groups excluding carboxylic acids is 1. The van der Waals surface area contributed by atoms with Gasteiger partial charge >= 0.3 is 5.97 Å². The van der Waals surface area contributed by atoms with Gasteiger partial charge in [0.05, 0.1) is 25.4 Å². The lowest BCUT2D eigenvalue weighted by molar-refractivity contribution is 0.0290. The van der Waals surface area contributed by atoms with Crippen LogP contribution in [0.25, 0.3) is 0 Å². The summed E-state index contributed by atoms with van der Waals surface area (Å²) < 4.78 is 23.0. The van der Waals surface area contributed by atoms with Gasteiger partial charge in [-0.05, 0) is 49.4 Å². The van der Waals surface area contributed by atoms with E-state index in [4.69, 9.17) is 24.1 Å². The Kier molecular flexibility index (Phi) is 10.2. The van der Waals surface area contributed by atoms with E-state index in [-0.39, 0.29) is 24.3 Å². The quantitative estimate of drug-likeness (QED) is 0.283. The number of hydrogen-bond donors (Lipinski definition) is 2. The van der Waals surface area contributed by atoms with Crippen LogP contribution in [0.5, 0.6) is 5.75 Å². The lowest BCUT2D eigenvalue weighted by atomic mass is 10.1. The average molecular weight is 508 g/mol. The number of anilines is 1. The first kappa shape index (κ1) is 27.4. The van der Waals surface area contributed by atoms with E-state index in [9.17, 15) is 9.59 Å². The van der Waals surface area contributed by atoms with Crippen LogP contribution < -0.4 is 10.1 Å². The summed E-state index contributed by atoms with van der Waals surface area (Å²) in [7, 11) is 3.18. The minimum atomic E-state index is -1.01. The summed E-state index contributed by atoms with van der Waals surface area (Å²) in [5.41, 5.74) is 1.69. The van der Waals surface area contributed by atoms with Gasteiger partial charge in [0, 0.05) is 43.2 Å². The normalized spacial score (nSPS) is 11.3. The maximum Gasteiger partial charge on any atom is 0.335 e. The Labute approximate surface area is 215 Å². The molecule has 1 amide bonds. The number of amides is 1. The highest BCUT2D eigenvalue weighted by molar-refractivity contribution is 6.04. The summed E-state index contributed by atoms with van der Waals surface area (Å²) in [6.07, 6.45) is 1.45. The number of methoxy groups -OCH3 is 2. The van der Waals surface area contributed by atoms with E-state index in [0.717, 1.165) is 0 Å². The third-order valence-electron chi connectivity index (χ3n) is 4.93. The zero-order valence-corrected chi connectivity index (χ0v) is 20.9. The fourth-order valence-corrected chi connectivity index (χ4v) is 3.20. The first-order valence-corrected chi connectivity index (χ1v) is 11.5. The molecule has 0 bridgehead atoms. The second-order valence-corrected chi connectivity index (χ2v) is 7.99. The van der Waals surface area contributed by atoms with Crippen LogP contribution in [0.1, 0.15) is 38.8 Å². The van der Waals surface area contributed by atoms with Crippen molar-refractivity contribution in [2.75, 3.05) is 39.4 Å². The van der Waals surface area contributed by atoms with Crippen LogP contribution in [-0.2, 0) is 20.9 Å². The maximum absolute atomic E-state index is 13.0. The van der Waals surface area contributed by atoms with Crippen LogP contribution in [0.4, 0.5) is 5.82 Å². The van der Waals surface area contributed by atoms with E-state index >= 15 is 0 Å². The molecule has 0 aliphatic rings. The SMILES string of the molecule is COCCOCn1ccc(NC(=O)c2cc(C#Cc3ccc(C(=O)O)cc3)cc(O[C@@H](C)COC)c2)n1. The molecule has 10 heteroatoms. The number of carboxylic acids is 1. The largest absolute Gasteiger partial charge is 0.488 e. The van der Waals surface area contributed by atoms with Crippen LogP contribution in [0.2, 0.25) is 0 Å². The number of carbonyl (C=O) groups is 2. The topological polar surface area (TPSA) is 121 Å². The Balaban J connectivity index is 1.79. The number of carboxylic acid groups (broad SMARTS) is 1. The summed E-state index contributed by atoms with van der Waals surface area (Å²) in [5, 5.41) is 16.1. The van der Waals surface area contributed by atoms with Crippen molar-refractivity contribution in [3.63, 3.8) is 0 Å². The predicted molar refractivity (Wildman–Crippen MR) is 136 cm³/mol. The standard InChI is InChI=1S/C27H29N3O7/c1-19(17-35-3)37-24-15-21(5-4-20-6-8-22(9-7-20)27(32)33)14-23(16-24)26(31)28-25-10-11-30(29-25)18-36-13-12-34-2/h6-11,14-16,19H,12-13,17-18H2,1-3H3,(H,32,33)(H,28,29,31)/t19-/m0/s1. The van der Waals surface area contributed by atoms with Gasteiger partial charge < -0.3 is 29.4 Å². The molecule has 0 saturated heterocycles. The molecule has 1 aromatic heterocycles. The van der Waals surface area contributed by atoms with E-state index in [1.165, 1.54) is 12.1 Å². The van der Waals surface area contributed by atoms with Gasteiger partial charge in [-0.15, -0.1) is 0 Å². The monoisotopic (exact) mass is 507 g/mol. The first-order chi connectivity index (χ1) is 17.9. The van der Waals surface area contributed by atoms with Crippen molar-refractivity contribution in [2.24, 2.45) is 0 Å². The van der Waals surface area contributed by atoms with Crippen molar-refractivity contribution >= 4 is 17.7 Å². The summed E-state index contributed by atoms with van der Waals surface area (Å²) in [5.74, 6) is 5.44. The van der Waals surface area contributed by atoms with Crippen LogP contribution in [-0.4, -0.2) is 66.9 Å². The second-order valence-electron chi connectivity index (χ2n) is 7.99. The van der Waals surface area contributed by atoms with Gasteiger partial charge in [0.2, 0.25) is 0 Å². The van der Waals surface area contributed by atoms with Gasteiger partial charge in [0.15, 0.2) is 5.82 Å². The van der Waals surface area contributed by atoms with Crippen LogP contribution in [0.15, 0.2) is 54.7 Å². The Hall–Kier alpha value is -4.17. The minimum absolute atomic E-state index is 0.177. The van der Waals surface area contributed by atoms with E-state index < -0.39 is 5.97 Å². The predicted octanol–water partition coefficient (Wildman–Crippen LogP) is 3.27. The number of hydrogen-bond acceptors (Lipinski definition) is 7. The lowest BCUT2D eigenvalue weighted by Crippen LogP contribution is -2.19. The fourth-order valence-electron chi connectivity index (χ4n) is 3.20. The molecule has 2 N–H and O–H groups in total. The van der Waals surface area contributed by atoms with Crippen LogP contribution in [0, 0.1) is 11.8 Å². The third kappa shape index (κ3) is 8.77. The molecule has 0 unspecified atom stereocenters. The van der Waals surface area contributed by atoms with Gasteiger partial charge in [-0.1, -0.05) is 11.8 Å². The molecule has 10 nitrogen and oxygen atoms in total. The maximum atomic E-state index is 13.0. The fraction of sp³-hybridized carbons (Fsp3) is 0.296. The number of benzene rings is 2. The van der Waals surface area contributed by atoms with Crippen molar-refractivity contribution in [3.8, 4) is 17.6 Å². The molecule has 37 heavy (non-hydrogen) atoms. The lowest BCUT2D eigenvalue weighted by Gasteiger charge is -2.15. The molecular weight excluding hydrogens is 478 g/mol. The Bertz CT molecular complexity index is 1260. The van der Waals surface area contributed by atoms with Gasteiger partial charge in [-0.2, -0.15) is 5.10 Å². The van der Waals surface area contributed by atoms with Crippen molar-refractivity contribution < 1.29 is 33.6 Å². The summed E-state index contributed by atoms with van der Waals surface area (Å²) in [4.78, 5) is 24.1. The van der Waals surface area contributed by atoms with Crippen LogP contribution >= 0.6 is 0 Å². The molecule has 0 fully saturated rings. The molecule has 0 radical (unpaired) electrons. The molecule has 0 aliphatic heterocycles. The summed E-state index contributed by atoms with van der Waals surface area (Å²) >= 11 is 0. The molecule has 0 aliphatic carbocycles. The molecule has 1 atom stereocenters. The first-order valence-electron chi connectivity index (χ1n) is 11.5. The number of ether oxygens (including phenoxy) is 4. The average Bonchev–Trinajstić information content (AvgIpc) is 3.32. The molecule has 0 spiro atoms. The molecule has 1 heterocycles. The van der Waals surface area contributed by atoms with Gasteiger partial charge in [0.25, 0.3) is 5.91 Å². The molecule has 3 aromatic rings. The van der Waals surface area contributed by atoms with Crippen molar-refractivity contribution in [1.82, 2.24) is 9.78 Å². The van der Waals surface area contributed by atoms with E-state index in [2.05, 4.69) is 22.3 Å². The van der Waals surface area contributed by atoms with Crippen molar-refractivity contribution in [3.05, 3.63) is 77.0 Å². The van der Waals surface area contributed by atoms with E-state index in [0.29, 0.717) is 48.1 Å². The zero-order valence-electron chi connectivity index (χ0n) is 20.9. The highest BCUT2D eigenvalue weighted by atomic mass is 16.5. The Morgan fingerprint density at radius 3 is 2.46 bits per heavy atom. The van der Waals surface area contributed by atoms with E-state index in [1.54, 1.807) is 61.5 Å². The van der Waals surface area contributed by atoms with Gasteiger partial charge in [-0.3, -0.25) is 4.79 Å². The Morgan fingerprint density at radius 1 is 1.00 bits per heavy atom. The van der Waals surface area contributed by atoms with Gasteiger partial charge in [0.1, 0.15) is 18.6 Å². The Morgan fingerprint density at radius 2 is 1.76 bits per heavy atom. The van der Waals surface area contributed by atoms with Crippen molar-refractivity contribution in [1.29, 1.82) is 0 Å². The second kappa shape index (κ2) is 13.8. The van der Waals surface area contributed by atoms with E-state index in [1.807, 2.05) is 6.92 Å². The summed E-state index contributed by atoms with van der Waals surface area (Å²) in [6.45, 7) is 3.36. The minimum Gasteiger partial charge on any atom is -0.488 e. The molecule has 0 saturated carbocycles. The van der Waals surface area contributed by atoms with Crippen molar-refractivity contribution in [2.45, 2.75) is 19.8 Å². The number of nitrogens with one attached hydrogen (secondary N) is 1. The number of nitrogens with zero attached hydrogens (tertiary/aromatic N) is 2. The number of aromatic carboxylic acids is 1. The summed E-state index contributed by atoms with van der Waals surface area (Å²) in [6, 6.07) is 12.9. The molecule has 3 rings (SSSR count). The zero-order chi connectivity index (χ0) is 26.6. The number of aromatic nitrogens is 2. The number of rotatable bonds is 12. The smallest absolute Gasteiger partial charge is 0.335 e. The molecule has 194 valence electrons. The third-order valence-corrected chi connectivity index (χ3v) is 4.93. The van der Waals surface area contributed by atoms with Gasteiger partial charge in [-0.25, -0.2) is 9.48 Å². The highest BCUT2D eigenvalue weighted by Crippen LogP contribution is 2.20. The highest BCUT2D eigenvalue weighted by Gasteiger charge is 2.13. The molecule has 2 aromatic carbocycles. The van der Waals surface area contributed by atoms with Crippen LogP contribution in [0.3, 0.4) is 0 Å². The molecular formula is C27H29N3O7.